The molecule has 6 heteroatoms. The highest BCUT2D eigenvalue weighted by atomic mass is 16.4. The van der Waals surface area contributed by atoms with E-state index in [9.17, 15) is 9.90 Å². The van der Waals surface area contributed by atoms with E-state index in [1.165, 1.54) is 0 Å². The van der Waals surface area contributed by atoms with Gasteiger partial charge in [-0.05, 0) is 44.5 Å². The first-order valence-electron chi connectivity index (χ1n) is 7.46. The van der Waals surface area contributed by atoms with Crippen LogP contribution in [0.5, 0.6) is 0 Å². The average Bonchev–Trinajstić information content (AvgIpc) is 3.13. The summed E-state index contributed by atoms with van der Waals surface area (Å²) in [7, 11) is 0. The molecular formula is C18H17N3O3. The van der Waals surface area contributed by atoms with Crippen molar-refractivity contribution in [3.8, 4) is 11.3 Å². The van der Waals surface area contributed by atoms with Gasteiger partial charge in [-0.1, -0.05) is 12.1 Å². The first kappa shape index (κ1) is 15.7. The molecule has 0 unspecified atom stereocenters. The number of rotatable bonds is 4. The molecule has 3 aromatic rings. The van der Waals surface area contributed by atoms with Crippen LogP contribution in [0.4, 0.5) is 5.69 Å². The van der Waals surface area contributed by atoms with Crippen LogP contribution in [0.3, 0.4) is 0 Å². The molecule has 24 heavy (non-hydrogen) atoms. The Kier molecular flexibility index (Phi) is 4.04. The maximum atomic E-state index is 11.2. The highest BCUT2D eigenvalue weighted by molar-refractivity contribution is 5.91. The number of benzene rings is 1. The van der Waals surface area contributed by atoms with E-state index in [1.807, 2.05) is 26.0 Å². The van der Waals surface area contributed by atoms with Crippen molar-refractivity contribution in [1.82, 2.24) is 10.2 Å². The van der Waals surface area contributed by atoms with Gasteiger partial charge in [-0.15, -0.1) is 0 Å². The lowest BCUT2D eigenvalue weighted by Crippen LogP contribution is -2.00. The second-order valence-electron chi connectivity index (χ2n) is 5.53. The third kappa shape index (κ3) is 2.86. The van der Waals surface area contributed by atoms with Gasteiger partial charge >= 0.3 is 5.97 Å². The van der Waals surface area contributed by atoms with Gasteiger partial charge in [0.2, 0.25) is 0 Å². The van der Waals surface area contributed by atoms with Crippen molar-refractivity contribution in [2.24, 2.45) is 4.99 Å². The minimum atomic E-state index is -0.950. The monoisotopic (exact) mass is 323 g/mol. The Morgan fingerprint density at radius 2 is 2.04 bits per heavy atom. The first-order valence-corrected chi connectivity index (χ1v) is 7.46. The molecule has 0 aliphatic heterocycles. The normalized spacial score (nSPS) is 11.3. The van der Waals surface area contributed by atoms with Gasteiger partial charge in [-0.25, -0.2) is 9.79 Å². The van der Waals surface area contributed by atoms with Gasteiger partial charge in [-0.2, -0.15) is 5.10 Å². The van der Waals surface area contributed by atoms with Crippen molar-refractivity contribution in [1.29, 1.82) is 0 Å². The van der Waals surface area contributed by atoms with Crippen LogP contribution in [0.15, 0.2) is 39.7 Å². The predicted octanol–water partition coefficient (Wildman–Crippen LogP) is 4.04. The van der Waals surface area contributed by atoms with Crippen molar-refractivity contribution in [3.63, 3.8) is 0 Å². The number of aryl methyl sites for hydroxylation is 2. The predicted molar refractivity (Wildman–Crippen MR) is 91.2 cm³/mol. The van der Waals surface area contributed by atoms with E-state index >= 15 is 0 Å². The zero-order valence-electron chi connectivity index (χ0n) is 13.6. The number of carbonyl (C=O) groups is 1. The maximum Gasteiger partial charge on any atom is 0.335 e. The fourth-order valence-electron chi connectivity index (χ4n) is 2.56. The summed E-state index contributed by atoms with van der Waals surface area (Å²) >= 11 is 0. The lowest BCUT2D eigenvalue weighted by atomic mass is 10.0. The lowest BCUT2D eigenvalue weighted by Gasteiger charge is -2.05. The molecule has 1 aromatic carbocycles. The van der Waals surface area contributed by atoms with E-state index in [2.05, 4.69) is 15.2 Å². The Hall–Kier alpha value is -3.15. The molecule has 2 N–H and O–H groups in total. The van der Waals surface area contributed by atoms with Crippen molar-refractivity contribution in [3.05, 3.63) is 58.6 Å². The maximum absolute atomic E-state index is 11.2. The molecule has 0 spiro atoms. The summed E-state index contributed by atoms with van der Waals surface area (Å²) < 4.78 is 5.79. The number of carboxylic acid groups (broad SMARTS) is 1. The van der Waals surface area contributed by atoms with Crippen molar-refractivity contribution < 1.29 is 14.3 Å². The second-order valence-corrected chi connectivity index (χ2v) is 5.53. The Morgan fingerprint density at radius 3 is 2.71 bits per heavy atom. The van der Waals surface area contributed by atoms with Gasteiger partial charge in [-0.3, -0.25) is 5.10 Å². The summed E-state index contributed by atoms with van der Waals surface area (Å²) in [5.41, 5.74) is 4.19. The number of nitrogens with zero attached hydrogens (tertiary/aromatic N) is 2. The summed E-state index contributed by atoms with van der Waals surface area (Å²) in [5.74, 6) is 0.247. The quantitative estimate of drug-likeness (QED) is 0.709. The number of aliphatic imine (C=N–C) groups is 1. The molecule has 0 bridgehead atoms. The molecular weight excluding hydrogens is 306 g/mol. The highest BCUT2D eigenvalue weighted by Gasteiger charge is 2.13. The van der Waals surface area contributed by atoms with Crippen LogP contribution in [0.2, 0.25) is 0 Å². The minimum absolute atomic E-state index is 0.267. The Balaban J connectivity index is 1.92. The Bertz CT molecular complexity index is 915. The SMILES string of the molecule is Cc1n[nH]c(C)c1N=Cc1ccc(-c2cccc(C(=O)O)c2C)o1. The van der Waals surface area contributed by atoms with Crippen LogP contribution < -0.4 is 0 Å². The van der Waals surface area contributed by atoms with E-state index in [1.54, 1.807) is 31.3 Å². The number of nitrogens with one attached hydrogen (secondary N) is 1. The molecule has 0 radical (unpaired) electrons. The van der Waals surface area contributed by atoms with Gasteiger partial charge in [0.15, 0.2) is 0 Å². The van der Waals surface area contributed by atoms with E-state index in [0.717, 1.165) is 22.6 Å². The second kappa shape index (κ2) is 6.16. The van der Waals surface area contributed by atoms with Gasteiger partial charge in [0, 0.05) is 5.56 Å². The third-order valence-electron chi connectivity index (χ3n) is 3.87. The van der Waals surface area contributed by atoms with Crippen LogP contribution in [-0.2, 0) is 0 Å². The zero-order valence-corrected chi connectivity index (χ0v) is 13.6. The topological polar surface area (TPSA) is 91.5 Å². The van der Waals surface area contributed by atoms with Crippen LogP contribution in [0.1, 0.15) is 33.1 Å². The number of furan rings is 1. The third-order valence-corrected chi connectivity index (χ3v) is 3.87. The smallest absolute Gasteiger partial charge is 0.335 e. The van der Waals surface area contributed by atoms with Crippen molar-refractivity contribution in [2.45, 2.75) is 20.8 Å². The molecule has 3 rings (SSSR count). The van der Waals surface area contributed by atoms with Gasteiger partial charge in [0.1, 0.15) is 17.2 Å². The molecule has 122 valence electrons. The lowest BCUT2D eigenvalue weighted by molar-refractivity contribution is 0.0696. The van der Waals surface area contributed by atoms with Gasteiger partial charge in [0.25, 0.3) is 0 Å². The number of hydrogen-bond donors (Lipinski definition) is 2. The number of aromatic carboxylic acids is 1. The summed E-state index contributed by atoms with van der Waals surface area (Å²) in [5, 5.41) is 16.2. The Morgan fingerprint density at radius 1 is 1.25 bits per heavy atom. The van der Waals surface area contributed by atoms with Crippen LogP contribution in [-0.4, -0.2) is 27.5 Å². The molecule has 6 nitrogen and oxygen atoms in total. The molecule has 0 saturated heterocycles. The summed E-state index contributed by atoms with van der Waals surface area (Å²) in [4.78, 5) is 15.7. The molecule has 2 aromatic heterocycles. The summed E-state index contributed by atoms with van der Waals surface area (Å²) in [6.45, 7) is 5.55. The van der Waals surface area contributed by atoms with Gasteiger partial charge in [0.05, 0.1) is 23.2 Å². The van der Waals surface area contributed by atoms with E-state index in [-0.39, 0.29) is 5.56 Å². The summed E-state index contributed by atoms with van der Waals surface area (Å²) in [6.07, 6.45) is 1.63. The van der Waals surface area contributed by atoms with E-state index < -0.39 is 5.97 Å². The summed E-state index contributed by atoms with van der Waals surface area (Å²) in [6, 6.07) is 8.74. The van der Waals surface area contributed by atoms with Gasteiger partial charge < -0.3 is 9.52 Å². The fourth-order valence-corrected chi connectivity index (χ4v) is 2.56. The first-order chi connectivity index (χ1) is 11.5. The zero-order chi connectivity index (χ0) is 17.3. The number of aromatic amines is 1. The molecule has 0 aliphatic rings. The van der Waals surface area contributed by atoms with Crippen molar-refractivity contribution >= 4 is 17.9 Å². The molecule has 0 amide bonds. The minimum Gasteiger partial charge on any atom is -0.478 e. The van der Waals surface area contributed by atoms with E-state index in [4.69, 9.17) is 4.42 Å². The largest absolute Gasteiger partial charge is 0.478 e. The van der Waals surface area contributed by atoms with E-state index in [0.29, 0.717) is 17.1 Å². The molecule has 0 saturated carbocycles. The molecule has 0 atom stereocenters. The number of H-pyrrole nitrogens is 1. The molecule has 0 aliphatic carbocycles. The highest BCUT2D eigenvalue weighted by Crippen LogP contribution is 2.28. The number of aromatic nitrogens is 2. The van der Waals surface area contributed by atoms with Crippen LogP contribution >= 0.6 is 0 Å². The standard InChI is InChI=1S/C18H17N3O3/c1-10-14(5-4-6-15(10)18(22)23)16-8-7-13(24-16)9-19-17-11(2)20-21-12(17)3/h4-9H,1-3H3,(H,20,21)(H,22,23). The average molecular weight is 323 g/mol. The number of carboxylic acids is 1. The Labute approximate surface area is 138 Å². The number of hydrogen-bond acceptors (Lipinski definition) is 4. The molecule has 2 heterocycles. The van der Waals surface area contributed by atoms with Crippen molar-refractivity contribution in [2.75, 3.05) is 0 Å². The van der Waals surface area contributed by atoms with Crippen LogP contribution in [0, 0.1) is 20.8 Å². The molecule has 0 fully saturated rings. The van der Waals surface area contributed by atoms with Crippen LogP contribution in [0.25, 0.3) is 11.3 Å². The fraction of sp³-hybridized carbons (Fsp3) is 0.167.